The third-order valence-corrected chi connectivity index (χ3v) is 9.12. The highest BCUT2D eigenvalue weighted by Gasteiger charge is 2.34. The minimum atomic E-state index is -0.217. The van der Waals surface area contributed by atoms with Gasteiger partial charge in [-0.2, -0.15) is 0 Å². The Kier molecular flexibility index (Phi) is 7.43. The molecule has 0 radical (unpaired) electrons. The van der Waals surface area contributed by atoms with Crippen LogP contribution in [0.25, 0.3) is 0 Å². The number of carbonyl (C=O) groups excluding carboxylic acids is 2. The number of amides is 2. The number of nitrogens with zero attached hydrogens (tertiary/aromatic N) is 3. The molecule has 2 aromatic carbocycles. The number of allylic oxidation sites excluding steroid dienone is 2. The molecule has 6 nitrogen and oxygen atoms in total. The molecule has 3 aliphatic rings. The van der Waals surface area contributed by atoms with Crippen molar-refractivity contribution in [3.8, 4) is 0 Å². The summed E-state index contributed by atoms with van der Waals surface area (Å²) in [5.41, 5.74) is 5.26. The van der Waals surface area contributed by atoms with E-state index in [1.165, 1.54) is 18.4 Å². The summed E-state index contributed by atoms with van der Waals surface area (Å²) < 4.78 is 2.07. The van der Waals surface area contributed by atoms with E-state index in [0.29, 0.717) is 36.9 Å². The maximum Gasteiger partial charge on any atom is 0.267 e. The van der Waals surface area contributed by atoms with Crippen LogP contribution in [0.4, 0.5) is 5.69 Å². The van der Waals surface area contributed by atoms with Gasteiger partial charge in [0.2, 0.25) is 0 Å². The summed E-state index contributed by atoms with van der Waals surface area (Å²) >= 11 is 0. The lowest BCUT2D eigenvalue weighted by atomic mass is 9.71. The van der Waals surface area contributed by atoms with Gasteiger partial charge in [-0.3, -0.25) is 9.59 Å². The number of rotatable bonds is 6. The summed E-state index contributed by atoms with van der Waals surface area (Å²) in [5, 5.41) is 3.15. The molecule has 1 aliphatic carbocycles. The minimum absolute atomic E-state index is 0.0189. The fourth-order valence-electron chi connectivity index (χ4n) is 6.80. The summed E-state index contributed by atoms with van der Waals surface area (Å²) in [5.74, 6) is 0.124. The van der Waals surface area contributed by atoms with Gasteiger partial charge in [0, 0.05) is 35.5 Å². The number of hydrogen-bond acceptors (Lipinski definition) is 3. The van der Waals surface area contributed by atoms with Gasteiger partial charge < -0.3 is 19.7 Å². The molecule has 2 atom stereocenters. The first-order chi connectivity index (χ1) is 19.8. The van der Waals surface area contributed by atoms with Crippen molar-refractivity contribution in [1.82, 2.24) is 14.8 Å². The van der Waals surface area contributed by atoms with Crippen molar-refractivity contribution >= 4 is 17.5 Å². The summed E-state index contributed by atoms with van der Waals surface area (Å²) in [6, 6.07) is 23.0. The molecule has 1 aromatic heterocycles. The van der Waals surface area contributed by atoms with E-state index >= 15 is 0 Å². The molecule has 1 fully saturated rings. The molecule has 2 unspecified atom stereocenters. The van der Waals surface area contributed by atoms with E-state index < -0.39 is 0 Å². The van der Waals surface area contributed by atoms with Crippen molar-refractivity contribution in [1.29, 1.82) is 0 Å². The number of anilines is 1. The number of para-hydroxylation sites is 1. The number of likely N-dealkylation sites (tertiary alicyclic amines) is 1. The Morgan fingerprint density at radius 1 is 0.976 bits per heavy atom. The van der Waals surface area contributed by atoms with Gasteiger partial charge in [0.1, 0.15) is 5.69 Å². The fraction of sp³-hybridized carbons (Fsp3) is 0.371. The first kappa shape index (κ1) is 27.3. The standard InChI is InChI=1S/C35H40N4O2/c1-35(2)22-26(15-17-30(35)25-10-5-4-6-11-25)34(41)39-24-29-16-18-32(38(29)23-27-12-7-8-14-31(27)39)33(40)36-20-19-28-13-9-21-37(28)3/h4-8,10-12,14-18,22,28,30H,9,13,19-21,23-24H2,1-3H3,(H,36,40). The first-order valence-electron chi connectivity index (χ1n) is 14.8. The molecule has 6 rings (SSSR count). The summed E-state index contributed by atoms with van der Waals surface area (Å²) in [7, 11) is 2.17. The Hall–Kier alpha value is -3.90. The predicted molar refractivity (Wildman–Crippen MR) is 164 cm³/mol. The number of benzene rings is 2. The lowest BCUT2D eigenvalue weighted by Gasteiger charge is -2.34. The average Bonchev–Trinajstić information content (AvgIpc) is 3.52. The van der Waals surface area contributed by atoms with Crippen molar-refractivity contribution in [3.05, 3.63) is 113 Å². The summed E-state index contributed by atoms with van der Waals surface area (Å²) in [6.45, 7) is 7.14. The molecule has 212 valence electrons. The SMILES string of the molecule is CN1CCCC1CCNC(=O)c1ccc2n1Cc1ccccc1N(C(=O)C1=CC(C)(C)C(c3ccccc3)C=C1)C2. The highest BCUT2D eigenvalue weighted by molar-refractivity contribution is 6.08. The smallest absolute Gasteiger partial charge is 0.267 e. The molecule has 6 heteroatoms. The zero-order chi connectivity index (χ0) is 28.6. The quantitative estimate of drug-likeness (QED) is 0.417. The number of fused-ring (bicyclic) bond motifs is 2. The van der Waals surface area contributed by atoms with Crippen LogP contribution in [0.3, 0.4) is 0 Å². The van der Waals surface area contributed by atoms with Crippen molar-refractivity contribution < 1.29 is 9.59 Å². The van der Waals surface area contributed by atoms with Crippen LogP contribution in [-0.4, -0.2) is 47.5 Å². The highest BCUT2D eigenvalue weighted by atomic mass is 16.2. The molecular formula is C35H40N4O2. The van der Waals surface area contributed by atoms with Crippen LogP contribution in [0.5, 0.6) is 0 Å². The second-order valence-corrected chi connectivity index (χ2v) is 12.3. The maximum atomic E-state index is 14.2. The Balaban J connectivity index is 1.24. The van der Waals surface area contributed by atoms with E-state index in [1.807, 2.05) is 47.4 Å². The molecule has 41 heavy (non-hydrogen) atoms. The average molecular weight is 549 g/mol. The molecule has 3 heterocycles. The van der Waals surface area contributed by atoms with E-state index in [1.54, 1.807) is 0 Å². The molecule has 2 aliphatic heterocycles. The van der Waals surface area contributed by atoms with E-state index in [-0.39, 0.29) is 23.1 Å². The van der Waals surface area contributed by atoms with Crippen LogP contribution in [0.2, 0.25) is 0 Å². The Bertz CT molecular complexity index is 1500. The van der Waals surface area contributed by atoms with Crippen LogP contribution < -0.4 is 10.2 Å². The number of nitrogens with one attached hydrogen (secondary N) is 1. The van der Waals surface area contributed by atoms with Gasteiger partial charge in [-0.05, 0) is 67.6 Å². The van der Waals surface area contributed by atoms with Crippen LogP contribution in [0.1, 0.15) is 66.3 Å². The van der Waals surface area contributed by atoms with Crippen molar-refractivity contribution in [3.63, 3.8) is 0 Å². The Morgan fingerprint density at radius 3 is 2.51 bits per heavy atom. The van der Waals surface area contributed by atoms with Gasteiger partial charge in [-0.1, -0.05) is 80.6 Å². The van der Waals surface area contributed by atoms with Gasteiger partial charge in [0.15, 0.2) is 0 Å². The number of aromatic nitrogens is 1. The van der Waals surface area contributed by atoms with Crippen molar-refractivity contribution in [2.24, 2.45) is 5.41 Å². The van der Waals surface area contributed by atoms with Gasteiger partial charge in [0.25, 0.3) is 11.8 Å². The van der Waals surface area contributed by atoms with E-state index in [2.05, 4.69) is 78.2 Å². The first-order valence-corrected chi connectivity index (χ1v) is 14.8. The summed E-state index contributed by atoms with van der Waals surface area (Å²) in [6.07, 6.45) is 9.67. The third-order valence-electron chi connectivity index (χ3n) is 9.12. The molecule has 0 saturated carbocycles. The second kappa shape index (κ2) is 11.2. The lowest BCUT2D eigenvalue weighted by Crippen LogP contribution is -2.34. The molecule has 3 aromatic rings. The molecule has 2 amide bonds. The van der Waals surface area contributed by atoms with Gasteiger partial charge in [-0.15, -0.1) is 0 Å². The number of carbonyl (C=O) groups is 2. The Morgan fingerprint density at radius 2 is 1.76 bits per heavy atom. The normalized spacial score (nSPS) is 21.5. The summed E-state index contributed by atoms with van der Waals surface area (Å²) in [4.78, 5) is 31.7. The topological polar surface area (TPSA) is 57.6 Å². The highest BCUT2D eigenvalue weighted by Crippen LogP contribution is 2.42. The maximum absolute atomic E-state index is 14.2. The number of hydrogen-bond donors (Lipinski definition) is 1. The van der Waals surface area contributed by atoms with Gasteiger partial charge in [-0.25, -0.2) is 0 Å². The van der Waals surface area contributed by atoms with Crippen molar-refractivity contribution in [2.45, 2.75) is 58.2 Å². The monoisotopic (exact) mass is 548 g/mol. The van der Waals surface area contributed by atoms with Crippen molar-refractivity contribution in [2.75, 3.05) is 25.0 Å². The molecule has 0 spiro atoms. The molecule has 1 saturated heterocycles. The van der Waals surface area contributed by atoms with E-state index in [0.717, 1.165) is 29.9 Å². The van der Waals surface area contributed by atoms with Crippen LogP contribution >= 0.6 is 0 Å². The van der Waals surface area contributed by atoms with Crippen LogP contribution in [0, 0.1) is 5.41 Å². The molecular weight excluding hydrogens is 508 g/mol. The predicted octanol–water partition coefficient (Wildman–Crippen LogP) is 5.90. The fourth-order valence-corrected chi connectivity index (χ4v) is 6.80. The van der Waals surface area contributed by atoms with Crippen LogP contribution in [-0.2, 0) is 17.9 Å². The van der Waals surface area contributed by atoms with Gasteiger partial charge in [0.05, 0.1) is 13.1 Å². The molecule has 0 bridgehead atoms. The third kappa shape index (κ3) is 5.41. The second-order valence-electron chi connectivity index (χ2n) is 12.3. The Labute approximate surface area is 243 Å². The van der Waals surface area contributed by atoms with E-state index in [4.69, 9.17) is 0 Å². The zero-order valence-electron chi connectivity index (χ0n) is 24.3. The van der Waals surface area contributed by atoms with E-state index in [9.17, 15) is 9.59 Å². The van der Waals surface area contributed by atoms with Gasteiger partial charge >= 0.3 is 0 Å². The zero-order valence-corrected chi connectivity index (χ0v) is 24.3. The minimum Gasteiger partial charge on any atom is -0.351 e. The largest absolute Gasteiger partial charge is 0.351 e. The molecule has 1 N–H and O–H groups in total. The van der Waals surface area contributed by atoms with Crippen LogP contribution in [0.15, 0.2) is 90.5 Å². The lowest BCUT2D eigenvalue weighted by molar-refractivity contribution is -0.115.